The summed E-state index contributed by atoms with van der Waals surface area (Å²) in [4.78, 5) is 0. The van der Waals surface area contributed by atoms with Gasteiger partial charge in [-0.2, -0.15) is 0 Å². The Morgan fingerprint density at radius 2 is 2.07 bits per heavy atom. The minimum Gasteiger partial charge on any atom is -0.377 e. The second-order valence-electron chi connectivity index (χ2n) is 4.51. The lowest BCUT2D eigenvalue weighted by Gasteiger charge is -2.27. The molecule has 0 aromatic rings. The van der Waals surface area contributed by atoms with Crippen LogP contribution in [-0.4, -0.2) is 23.8 Å². The van der Waals surface area contributed by atoms with Crippen molar-refractivity contribution in [3.8, 4) is 11.8 Å². The van der Waals surface area contributed by atoms with Gasteiger partial charge in [0.1, 0.15) is 5.60 Å². The molecular weight excluding hydrogens is 186 g/mol. The fraction of sp³-hybridized carbons (Fsp3) is 0.692. The molecule has 2 nitrogen and oxygen atoms in total. The van der Waals surface area contributed by atoms with Crippen LogP contribution in [0, 0.1) is 11.8 Å². The Bertz CT molecular complexity index is 302. The van der Waals surface area contributed by atoms with Crippen LogP contribution >= 0.6 is 0 Å². The van der Waals surface area contributed by atoms with Gasteiger partial charge in [-0.3, -0.25) is 0 Å². The highest BCUT2D eigenvalue weighted by Gasteiger charge is 2.26. The molecule has 1 aliphatic heterocycles. The van der Waals surface area contributed by atoms with E-state index in [1.165, 1.54) is 18.4 Å². The highest BCUT2D eigenvalue weighted by Crippen LogP contribution is 2.19. The summed E-state index contributed by atoms with van der Waals surface area (Å²) in [5.74, 6) is 6.23. The zero-order chi connectivity index (χ0) is 10.6. The molecule has 0 aromatic carbocycles. The zero-order valence-electron chi connectivity index (χ0n) is 9.18. The van der Waals surface area contributed by atoms with Gasteiger partial charge in [0, 0.05) is 0 Å². The molecule has 0 aromatic heterocycles. The molecule has 0 bridgehead atoms. The third-order valence-electron chi connectivity index (χ3n) is 3.18. The van der Waals surface area contributed by atoms with Crippen molar-refractivity contribution in [2.45, 2.75) is 44.1 Å². The molecule has 1 fully saturated rings. The maximum absolute atomic E-state index is 10.2. The van der Waals surface area contributed by atoms with Gasteiger partial charge in [-0.05, 0) is 57.2 Å². The van der Waals surface area contributed by atoms with Gasteiger partial charge in [0.2, 0.25) is 0 Å². The molecule has 0 amide bonds. The Balaban J connectivity index is 1.99. The molecule has 1 aliphatic carbocycles. The van der Waals surface area contributed by atoms with E-state index in [0.29, 0.717) is 0 Å². The Hall–Kier alpha value is -0.780. The third-order valence-corrected chi connectivity index (χ3v) is 3.18. The minimum atomic E-state index is -0.733. The first kappa shape index (κ1) is 10.7. The summed E-state index contributed by atoms with van der Waals surface area (Å²) < 4.78 is 0. The van der Waals surface area contributed by atoms with Crippen LogP contribution in [0.5, 0.6) is 0 Å². The molecule has 0 radical (unpaired) electrons. The second kappa shape index (κ2) is 4.83. The van der Waals surface area contributed by atoms with Crippen molar-refractivity contribution in [3.63, 3.8) is 0 Å². The molecule has 2 aliphatic rings. The highest BCUT2D eigenvalue weighted by atomic mass is 16.3. The number of hydrogen-bond acceptors (Lipinski definition) is 2. The van der Waals surface area contributed by atoms with Crippen LogP contribution in [0.3, 0.4) is 0 Å². The van der Waals surface area contributed by atoms with Crippen molar-refractivity contribution in [3.05, 3.63) is 11.6 Å². The van der Waals surface area contributed by atoms with Gasteiger partial charge >= 0.3 is 0 Å². The number of allylic oxidation sites excluding steroid dienone is 2. The summed E-state index contributed by atoms with van der Waals surface area (Å²) in [6.45, 7) is 1.76. The van der Waals surface area contributed by atoms with E-state index in [-0.39, 0.29) is 0 Å². The van der Waals surface area contributed by atoms with Gasteiger partial charge in [0.15, 0.2) is 0 Å². The van der Waals surface area contributed by atoms with Crippen molar-refractivity contribution >= 4 is 0 Å². The van der Waals surface area contributed by atoms with Crippen LogP contribution in [-0.2, 0) is 0 Å². The maximum atomic E-state index is 10.2. The average Bonchev–Trinajstić information content (AvgIpc) is 2.29. The van der Waals surface area contributed by atoms with Crippen LogP contribution in [0.25, 0.3) is 0 Å². The number of nitrogens with one attached hydrogen (secondary N) is 1. The molecule has 0 atom stereocenters. The van der Waals surface area contributed by atoms with Gasteiger partial charge in [-0.15, -0.1) is 0 Å². The van der Waals surface area contributed by atoms with Gasteiger partial charge in [-0.25, -0.2) is 0 Å². The number of piperidine rings is 1. The quantitative estimate of drug-likeness (QED) is 0.589. The van der Waals surface area contributed by atoms with E-state index < -0.39 is 5.60 Å². The molecule has 2 heteroatoms. The van der Waals surface area contributed by atoms with E-state index >= 15 is 0 Å². The Morgan fingerprint density at radius 3 is 2.73 bits per heavy atom. The van der Waals surface area contributed by atoms with Crippen molar-refractivity contribution < 1.29 is 5.11 Å². The Morgan fingerprint density at radius 1 is 1.27 bits per heavy atom. The first-order valence-electron chi connectivity index (χ1n) is 5.94. The lowest BCUT2D eigenvalue weighted by atomic mass is 9.92. The zero-order valence-corrected chi connectivity index (χ0v) is 9.18. The molecular formula is C13H19NO. The predicted molar refractivity (Wildman–Crippen MR) is 61.4 cm³/mol. The van der Waals surface area contributed by atoms with Gasteiger partial charge in [0.05, 0.1) is 0 Å². The topological polar surface area (TPSA) is 32.3 Å². The summed E-state index contributed by atoms with van der Waals surface area (Å²) in [5.41, 5.74) is 0.497. The van der Waals surface area contributed by atoms with Crippen LogP contribution in [0.2, 0.25) is 0 Å². The Labute approximate surface area is 91.8 Å². The smallest absolute Gasteiger partial charge is 0.128 e. The molecule has 0 saturated carbocycles. The van der Waals surface area contributed by atoms with E-state index in [0.717, 1.165) is 38.8 Å². The normalized spacial score (nSPS) is 25.0. The molecule has 0 spiro atoms. The fourth-order valence-electron chi connectivity index (χ4n) is 2.11. The van der Waals surface area contributed by atoms with Crippen molar-refractivity contribution in [2.75, 3.05) is 13.1 Å². The molecule has 2 N–H and O–H groups in total. The van der Waals surface area contributed by atoms with Crippen molar-refractivity contribution in [1.29, 1.82) is 0 Å². The lowest BCUT2D eigenvalue weighted by Crippen LogP contribution is -2.40. The largest absolute Gasteiger partial charge is 0.377 e. The molecule has 2 rings (SSSR count). The van der Waals surface area contributed by atoms with Crippen LogP contribution in [0.4, 0.5) is 0 Å². The second-order valence-corrected chi connectivity index (χ2v) is 4.51. The van der Waals surface area contributed by atoms with Crippen LogP contribution in [0.1, 0.15) is 38.5 Å². The van der Waals surface area contributed by atoms with Gasteiger partial charge < -0.3 is 10.4 Å². The molecule has 15 heavy (non-hydrogen) atoms. The maximum Gasteiger partial charge on any atom is 0.128 e. The van der Waals surface area contributed by atoms with Crippen LogP contribution in [0.15, 0.2) is 11.6 Å². The first-order chi connectivity index (χ1) is 7.29. The molecule has 1 heterocycles. The Kier molecular flexibility index (Phi) is 3.45. The van der Waals surface area contributed by atoms with E-state index in [9.17, 15) is 5.11 Å². The first-order valence-corrected chi connectivity index (χ1v) is 5.94. The SMILES string of the molecule is OC1(C#CC2=CCCCC2)CCNCC1. The van der Waals surface area contributed by atoms with Gasteiger partial charge in [0.25, 0.3) is 0 Å². The average molecular weight is 205 g/mol. The van der Waals surface area contributed by atoms with Crippen molar-refractivity contribution in [2.24, 2.45) is 0 Å². The van der Waals surface area contributed by atoms with E-state index in [4.69, 9.17) is 0 Å². The molecule has 82 valence electrons. The monoisotopic (exact) mass is 205 g/mol. The standard InChI is InChI=1S/C13H19NO/c15-13(8-10-14-11-9-13)7-6-12-4-2-1-3-5-12/h4,14-15H,1-3,5,8-11H2. The summed E-state index contributed by atoms with van der Waals surface area (Å²) in [5, 5.41) is 13.4. The number of aliphatic hydroxyl groups is 1. The fourth-order valence-corrected chi connectivity index (χ4v) is 2.11. The van der Waals surface area contributed by atoms with Crippen LogP contribution < -0.4 is 5.32 Å². The molecule has 0 unspecified atom stereocenters. The van der Waals surface area contributed by atoms with E-state index in [1.807, 2.05) is 0 Å². The van der Waals surface area contributed by atoms with Crippen molar-refractivity contribution in [1.82, 2.24) is 5.32 Å². The number of hydrogen-bond donors (Lipinski definition) is 2. The third kappa shape index (κ3) is 3.09. The summed E-state index contributed by atoms with van der Waals surface area (Å²) >= 11 is 0. The van der Waals surface area contributed by atoms with E-state index in [1.54, 1.807) is 0 Å². The summed E-state index contributed by atoms with van der Waals surface area (Å²) in [6, 6.07) is 0. The predicted octanol–water partition coefficient (Wildman–Crippen LogP) is 1.60. The minimum absolute atomic E-state index is 0.733. The number of rotatable bonds is 0. The van der Waals surface area contributed by atoms with Gasteiger partial charge in [-0.1, -0.05) is 17.9 Å². The lowest BCUT2D eigenvalue weighted by molar-refractivity contribution is 0.0679. The summed E-state index contributed by atoms with van der Waals surface area (Å²) in [7, 11) is 0. The highest BCUT2D eigenvalue weighted by molar-refractivity contribution is 5.33. The summed E-state index contributed by atoms with van der Waals surface area (Å²) in [6.07, 6.45) is 8.53. The van der Waals surface area contributed by atoms with E-state index in [2.05, 4.69) is 23.2 Å². The molecule has 1 saturated heterocycles.